The van der Waals surface area contributed by atoms with E-state index in [1.54, 1.807) is 35.6 Å². The number of halogens is 2. The molecule has 0 radical (unpaired) electrons. The topological polar surface area (TPSA) is 58.2 Å². The molecule has 0 aliphatic carbocycles. The number of thiophene rings is 1. The van der Waals surface area contributed by atoms with E-state index in [0.29, 0.717) is 17.1 Å². The first kappa shape index (κ1) is 19.0. The van der Waals surface area contributed by atoms with Crippen molar-refractivity contribution < 1.29 is 9.59 Å². The zero-order valence-corrected chi connectivity index (χ0v) is 16.5. The van der Waals surface area contributed by atoms with Gasteiger partial charge in [-0.1, -0.05) is 37.6 Å². The maximum atomic E-state index is 12.5. The molecule has 1 atom stereocenters. The van der Waals surface area contributed by atoms with Gasteiger partial charge in [-0.25, -0.2) is 0 Å². The van der Waals surface area contributed by atoms with Crippen molar-refractivity contribution in [2.24, 2.45) is 5.92 Å². The Bertz CT molecular complexity index is 733. The molecule has 1 heterocycles. The van der Waals surface area contributed by atoms with E-state index < -0.39 is 6.04 Å². The number of hydrogen-bond acceptors (Lipinski definition) is 3. The van der Waals surface area contributed by atoms with E-state index >= 15 is 0 Å². The van der Waals surface area contributed by atoms with Crippen LogP contribution in [0.25, 0.3) is 0 Å². The lowest BCUT2D eigenvalue weighted by atomic mass is 10.0. The minimum atomic E-state index is -0.628. The Morgan fingerprint density at radius 1 is 1.29 bits per heavy atom. The molecule has 0 bridgehead atoms. The van der Waals surface area contributed by atoms with Crippen LogP contribution in [-0.4, -0.2) is 17.9 Å². The molecule has 1 aromatic heterocycles. The predicted octanol–water partition coefficient (Wildman–Crippen LogP) is 4.23. The Morgan fingerprint density at radius 3 is 2.58 bits per heavy atom. The first-order valence-electron chi connectivity index (χ1n) is 7.44. The van der Waals surface area contributed by atoms with Gasteiger partial charge in [-0.05, 0) is 40.0 Å². The van der Waals surface area contributed by atoms with Crippen LogP contribution in [0.1, 0.15) is 29.1 Å². The highest BCUT2D eigenvalue weighted by Crippen LogP contribution is 2.19. The van der Waals surface area contributed by atoms with Gasteiger partial charge in [-0.15, -0.1) is 11.3 Å². The Morgan fingerprint density at radius 2 is 2.00 bits per heavy atom. The van der Waals surface area contributed by atoms with Crippen LogP contribution in [0.5, 0.6) is 0 Å². The predicted molar refractivity (Wildman–Crippen MR) is 101 cm³/mol. The lowest BCUT2D eigenvalue weighted by Crippen LogP contribution is -2.49. The lowest BCUT2D eigenvalue weighted by molar-refractivity contribution is -0.124. The van der Waals surface area contributed by atoms with Crippen molar-refractivity contribution in [1.29, 1.82) is 0 Å². The van der Waals surface area contributed by atoms with E-state index in [1.165, 1.54) is 0 Å². The molecule has 0 spiro atoms. The van der Waals surface area contributed by atoms with Crippen molar-refractivity contribution in [3.63, 3.8) is 0 Å². The van der Waals surface area contributed by atoms with E-state index in [-0.39, 0.29) is 17.7 Å². The summed E-state index contributed by atoms with van der Waals surface area (Å²) < 4.78 is 0.990. The number of nitrogens with one attached hydrogen (secondary N) is 2. The number of benzene rings is 1. The molecule has 128 valence electrons. The standard InChI is InChI=1S/C17H18BrClN2O2S/c1-10(2)15(17(23)20-8-12-7-11(18)9-24-12)21-16(22)13-5-3-4-6-14(13)19/h3-7,9-10,15H,8H2,1-2H3,(H,20,23)(H,21,22). The second-order valence-corrected chi connectivity index (χ2v) is 7.94. The van der Waals surface area contributed by atoms with Gasteiger partial charge >= 0.3 is 0 Å². The van der Waals surface area contributed by atoms with Crippen molar-refractivity contribution in [1.82, 2.24) is 10.6 Å². The van der Waals surface area contributed by atoms with Crippen LogP contribution in [0.2, 0.25) is 5.02 Å². The summed E-state index contributed by atoms with van der Waals surface area (Å²) in [4.78, 5) is 25.9. The van der Waals surface area contributed by atoms with Gasteiger partial charge in [0, 0.05) is 14.7 Å². The second kappa shape index (κ2) is 8.65. The number of rotatable bonds is 6. The molecule has 0 saturated carbocycles. The largest absolute Gasteiger partial charge is 0.349 e. The first-order valence-corrected chi connectivity index (χ1v) is 9.49. The summed E-state index contributed by atoms with van der Waals surface area (Å²) in [6.07, 6.45) is 0. The highest BCUT2D eigenvalue weighted by atomic mass is 79.9. The van der Waals surface area contributed by atoms with Crippen molar-refractivity contribution in [2.75, 3.05) is 0 Å². The summed E-state index contributed by atoms with van der Waals surface area (Å²) in [6.45, 7) is 4.21. The van der Waals surface area contributed by atoms with Crippen molar-refractivity contribution in [2.45, 2.75) is 26.4 Å². The summed E-state index contributed by atoms with van der Waals surface area (Å²) in [7, 11) is 0. The summed E-state index contributed by atoms with van der Waals surface area (Å²) in [6, 6.07) is 8.10. The molecule has 1 unspecified atom stereocenters. The zero-order chi connectivity index (χ0) is 17.7. The molecule has 24 heavy (non-hydrogen) atoms. The van der Waals surface area contributed by atoms with Gasteiger partial charge in [0.1, 0.15) is 6.04 Å². The quantitative estimate of drug-likeness (QED) is 0.722. The van der Waals surface area contributed by atoms with Crippen molar-refractivity contribution in [3.8, 4) is 0 Å². The van der Waals surface area contributed by atoms with Gasteiger partial charge in [0.2, 0.25) is 5.91 Å². The molecule has 2 amide bonds. The minimum Gasteiger partial charge on any atom is -0.349 e. The molecule has 2 N–H and O–H groups in total. The number of amides is 2. The van der Waals surface area contributed by atoms with Crippen molar-refractivity contribution in [3.05, 3.63) is 55.6 Å². The summed E-state index contributed by atoms with van der Waals surface area (Å²) >= 11 is 11.0. The van der Waals surface area contributed by atoms with Gasteiger partial charge < -0.3 is 10.6 Å². The second-order valence-electron chi connectivity index (χ2n) is 5.62. The first-order chi connectivity index (χ1) is 11.4. The third kappa shape index (κ3) is 5.06. The third-order valence-electron chi connectivity index (χ3n) is 3.41. The van der Waals surface area contributed by atoms with Crippen LogP contribution in [0.15, 0.2) is 40.2 Å². The van der Waals surface area contributed by atoms with Crippen molar-refractivity contribution >= 4 is 50.7 Å². The number of carbonyl (C=O) groups is 2. The fourth-order valence-electron chi connectivity index (χ4n) is 2.13. The molecule has 1 aromatic carbocycles. The van der Waals surface area contributed by atoms with E-state index in [0.717, 1.165) is 9.35 Å². The third-order valence-corrected chi connectivity index (χ3v) is 5.44. The molecule has 0 aliphatic rings. The van der Waals surface area contributed by atoms with Gasteiger partial charge in [-0.3, -0.25) is 9.59 Å². The summed E-state index contributed by atoms with van der Waals surface area (Å²) in [5, 5.41) is 7.96. The SMILES string of the molecule is CC(C)C(NC(=O)c1ccccc1Cl)C(=O)NCc1cc(Br)cs1. The average molecular weight is 430 g/mol. The highest BCUT2D eigenvalue weighted by molar-refractivity contribution is 9.10. The average Bonchev–Trinajstić information content (AvgIpc) is 2.95. The molecule has 7 heteroatoms. The Labute approximate surface area is 158 Å². The molecule has 0 fully saturated rings. The van der Waals surface area contributed by atoms with Gasteiger partial charge in [0.15, 0.2) is 0 Å². The maximum Gasteiger partial charge on any atom is 0.253 e. The molecular formula is C17H18BrClN2O2S. The van der Waals surface area contributed by atoms with E-state index in [4.69, 9.17) is 11.6 Å². The summed E-state index contributed by atoms with van der Waals surface area (Å²) in [5.41, 5.74) is 0.361. The lowest BCUT2D eigenvalue weighted by Gasteiger charge is -2.22. The zero-order valence-electron chi connectivity index (χ0n) is 13.3. The van der Waals surface area contributed by atoms with Crippen LogP contribution in [-0.2, 0) is 11.3 Å². The molecule has 2 aromatic rings. The van der Waals surface area contributed by atoms with Gasteiger partial charge in [-0.2, -0.15) is 0 Å². The number of carbonyl (C=O) groups excluding carboxylic acids is 2. The Balaban J connectivity index is 2.01. The van der Waals surface area contributed by atoms with Gasteiger partial charge in [0.05, 0.1) is 17.1 Å². The monoisotopic (exact) mass is 428 g/mol. The summed E-state index contributed by atoms with van der Waals surface area (Å²) in [5.74, 6) is -0.616. The normalized spacial score (nSPS) is 12.0. The van der Waals surface area contributed by atoms with Crippen LogP contribution < -0.4 is 10.6 Å². The van der Waals surface area contributed by atoms with E-state index in [1.807, 2.05) is 25.3 Å². The molecule has 4 nitrogen and oxygen atoms in total. The van der Waals surface area contributed by atoms with E-state index in [2.05, 4.69) is 26.6 Å². The van der Waals surface area contributed by atoms with Crippen LogP contribution >= 0.6 is 38.9 Å². The molecule has 0 aliphatic heterocycles. The van der Waals surface area contributed by atoms with Gasteiger partial charge in [0.25, 0.3) is 5.91 Å². The van der Waals surface area contributed by atoms with Crippen LogP contribution in [0.4, 0.5) is 0 Å². The Kier molecular flexibility index (Phi) is 6.83. The fraction of sp³-hybridized carbons (Fsp3) is 0.294. The minimum absolute atomic E-state index is 0.0495. The van der Waals surface area contributed by atoms with Crippen LogP contribution in [0.3, 0.4) is 0 Å². The highest BCUT2D eigenvalue weighted by Gasteiger charge is 2.25. The smallest absolute Gasteiger partial charge is 0.253 e. The number of hydrogen-bond donors (Lipinski definition) is 2. The molecule has 0 saturated heterocycles. The fourth-order valence-corrected chi connectivity index (χ4v) is 3.74. The van der Waals surface area contributed by atoms with E-state index in [9.17, 15) is 9.59 Å². The maximum absolute atomic E-state index is 12.5. The molecule has 2 rings (SSSR count). The Hall–Kier alpha value is -1.37. The molecular weight excluding hydrogens is 412 g/mol. The van der Waals surface area contributed by atoms with Crippen LogP contribution in [0, 0.1) is 5.92 Å².